The summed E-state index contributed by atoms with van der Waals surface area (Å²) < 4.78 is 22.1. The zero-order valence-corrected chi connectivity index (χ0v) is 18.8. The second kappa shape index (κ2) is 8.93. The van der Waals surface area contributed by atoms with Crippen molar-refractivity contribution >= 4 is 50.5 Å². The molecule has 1 aliphatic heterocycles. The molecular weight excluding hydrogens is 420 g/mol. The summed E-state index contributed by atoms with van der Waals surface area (Å²) in [7, 11) is 4.78. The van der Waals surface area contributed by atoms with Gasteiger partial charge in [-0.1, -0.05) is 12.1 Å². The Balaban J connectivity index is 1.42. The van der Waals surface area contributed by atoms with Gasteiger partial charge in [0, 0.05) is 49.4 Å². The Morgan fingerprint density at radius 1 is 1.00 bits per heavy atom. The third-order valence-corrected chi connectivity index (χ3v) is 6.32. The number of nitrogens with one attached hydrogen (secondary N) is 1. The van der Waals surface area contributed by atoms with Crippen LogP contribution in [0.5, 0.6) is 17.2 Å². The van der Waals surface area contributed by atoms with E-state index in [1.165, 1.54) is 10.1 Å². The van der Waals surface area contributed by atoms with Crippen molar-refractivity contribution < 1.29 is 14.2 Å². The van der Waals surface area contributed by atoms with E-state index in [-0.39, 0.29) is 0 Å². The van der Waals surface area contributed by atoms with Crippen LogP contribution >= 0.6 is 23.8 Å². The Labute approximate surface area is 185 Å². The standard InChI is InChI=1S/C21H24N4O3S2/c1-26-16-12-14(13-17(27-2)19(16)28-3)22-21(29)25-10-8-24(9-11-25)20-15-6-4-5-7-18(15)30-23-20/h4-7,12-13H,8-11H2,1-3H3,(H,22,29). The predicted molar refractivity (Wildman–Crippen MR) is 126 cm³/mol. The molecule has 0 aliphatic carbocycles. The molecule has 0 bridgehead atoms. The Morgan fingerprint density at radius 2 is 1.67 bits per heavy atom. The Hall–Kier alpha value is -2.78. The van der Waals surface area contributed by atoms with E-state index in [1.807, 2.05) is 12.1 Å². The molecule has 0 saturated carbocycles. The van der Waals surface area contributed by atoms with Crippen molar-refractivity contribution in [3.05, 3.63) is 36.4 Å². The van der Waals surface area contributed by atoms with Crippen molar-refractivity contribution in [3.8, 4) is 17.2 Å². The van der Waals surface area contributed by atoms with Gasteiger partial charge in [-0.2, -0.15) is 4.37 Å². The summed E-state index contributed by atoms with van der Waals surface area (Å²) in [6.45, 7) is 3.37. The maximum atomic E-state index is 5.66. The molecule has 0 spiro atoms. The van der Waals surface area contributed by atoms with Gasteiger partial charge in [0.1, 0.15) is 5.82 Å². The highest BCUT2D eigenvalue weighted by Gasteiger charge is 2.23. The molecule has 0 amide bonds. The van der Waals surface area contributed by atoms with E-state index in [0.717, 1.165) is 37.7 Å². The molecule has 1 aliphatic rings. The molecule has 9 heteroatoms. The van der Waals surface area contributed by atoms with Gasteiger partial charge in [-0.05, 0) is 35.9 Å². The lowest BCUT2D eigenvalue weighted by Crippen LogP contribution is -2.50. The first-order valence-electron chi connectivity index (χ1n) is 9.60. The molecule has 0 unspecified atom stereocenters. The first-order valence-corrected chi connectivity index (χ1v) is 10.8. The number of aromatic nitrogens is 1. The fourth-order valence-electron chi connectivity index (χ4n) is 3.58. The van der Waals surface area contributed by atoms with Gasteiger partial charge >= 0.3 is 0 Å². The van der Waals surface area contributed by atoms with E-state index in [1.54, 1.807) is 32.9 Å². The van der Waals surface area contributed by atoms with Gasteiger partial charge in [0.05, 0.1) is 26.0 Å². The molecule has 1 aromatic heterocycles. The molecule has 158 valence electrons. The largest absolute Gasteiger partial charge is 0.493 e. The van der Waals surface area contributed by atoms with Crippen molar-refractivity contribution in [2.24, 2.45) is 0 Å². The number of fused-ring (bicyclic) bond motifs is 1. The molecule has 1 fully saturated rings. The van der Waals surface area contributed by atoms with Crippen LogP contribution < -0.4 is 24.4 Å². The van der Waals surface area contributed by atoms with Gasteiger partial charge < -0.3 is 29.3 Å². The lowest BCUT2D eigenvalue weighted by atomic mass is 10.2. The topological polar surface area (TPSA) is 59.1 Å². The van der Waals surface area contributed by atoms with Crippen molar-refractivity contribution in [2.45, 2.75) is 0 Å². The summed E-state index contributed by atoms with van der Waals surface area (Å²) in [6, 6.07) is 12.1. The molecule has 4 rings (SSSR count). The zero-order valence-electron chi connectivity index (χ0n) is 17.2. The predicted octanol–water partition coefficient (Wildman–Crippen LogP) is 3.84. The number of thiocarbonyl (C=S) groups is 1. The van der Waals surface area contributed by atoms with Crippen molar-refractivity contribution in [3.63, 3.8) is 0 Å². The average molecular weight is 445 g/mol. The Bertz CT molecular complexity index is 1020. The van der Waals surface area contributed by atoms with Gasteiger partial charge in [0.2, 0.25) is 5.75 Å². The van der Waals surface area contributed by atoms with Crippen molar-refractivity contribution in [1.82, 2.24) is 9.27 Å². The maximum absolute atomic E-state index is 5.66. The molecule has 3 aromatic rings. The van der Waals surface area contributed by atoms with Gasteiger partial charge in [-0.15, -0.1) is 0 Å². The number of nitrogens with zero attached hydrogens (tertiary/aromatic N) is 3. The summed E-state index contributed by atoms with van der Waals surface area (Å²) in [5, 5.41) is 5.19. The highest BCUT2D eigenvalue weighted by Crippen LogP contribution is 2.40. The number of rotatable bonds is 5. The van der Waals surface area contributed by atoms with Crippen LogP contribution in [-0.2, 0) is 0 Å². The second-order valence-electron chi connectivity index (χ2n) is 6.82. The Kier molecular flexibility index (Phi) is 6.10. The zero-order chi connectivity index (χ0) is 21.1. The Morgan fingerprint density at radius 3 is 2.30 bits per heavy atom. The van der Waals surface area contributed by atoms with Crippen LogP contribution in [0.4, 0.5) is 11.5 Å². The first kappa shape index (κ1) is 20.5. The first-order chi connectivity index (χ1) is 14.6. The number of benzene rings is 2. The van der Waals surface area contributed by atoms with Crippen LogP contribution in [0.15, 0.2) is 36.4 Å². The summed E-state index contributed by atoms with van der Waals surface area (Å²) in [5.41, 5.74) is 0.794. The minimum absolute atomic E-state index is 0.556. The van der Waals surface area contributed by atoms with Crippen molar-refractivity contribution in [1.29, 1.82) is 0 Å². The average Bonchev–Trinajstić information content (AvgIpc) is 3.22. The SMILES string of the molecule is COc1cc(NC(=S)N2CCN(c3nsc4ccccc34)CC2)cc(OC)c1OC. The van der Waals surface area contributed by atoms with Crippen LogP contribution in [0.3, 0.4) is 0 Å². The number of methoxy groups -OCH3 is 3. The quantitative estimate of drug-likeness (QED) is 0.596. The van der Waals surface area contributed by atoms with Gasteiger partial charge in [-0.25, -0.2) is 0 Å². The summed E-state index contributed by atoms with van der Waals surface area (Å²) in [5.74, 6) is 2.80. The number of anilines is 2. The fraction of sp³-hybridized carbons (Fsp3) is 0.333. The lowest BCUT2D eigenvalue weighted by molar-refractivity contribution is 0.324. The number of hydrogen-bond donors (Lipinski definition) is 1. The molecule has 7 nitrogen and oxygen atoms in total. The molecule has 2 heterocycles. The lowest BCUT2D eigenvalue weighted by Gasteiger charge is -2.36. The summed E-state index contributed by atoms with van der Waals surface area (Å²) in [6.07, 6.45) is 0. The van der Waals surface area contributed by atoms with E-state index in [0.29, 0.717) is 22.4 Å². The summed E-state index contributed by atoms with van der Waals surface area (Å²) >= 11 is 7.21. The van der Waals surface area contributed by atoms with E-state index < -0.39 is 0 Å². The highest BCUT2D eigenvalue weighted by atomic mass is 32.1. The second-order valence-corrected chi connectivity index (χ2v) is 8.01. The van der Waals surface area contributed by atoms with E-state index in [2.05, 4.69) is 43.8 Å². The number of hydrogen-bond acceptors (Lipinski definition) is 7. The van der Waals surface area contributed by atoms with E-state index in [9.17, 15) is 0 Å². The molecule has 0 atom stereocenters. The van der Waals surface area contributed by atoms with Crippen LogP contribution in [0, 0.1) is 0 Å². The monoisotopic (exact) mass is 444 g/mol. The molecule has 30 heavy (non-hydrogen) atoms. The van der Waals surface area contributed by atoms with Crippen molar-refractivity contribution in [2.75, 3.05) is 57.7 Å². The maximum Gasteiger partial charge on any atom is 0.203 e. The van der Waals surface area contributed by atoms with Gasteiger partial charge in [0.15, 0.2) is 16.6 Å². The number of ether oxygens (including phenoxy) is 3. The minimum Gasteiger partial charge on any atom is -0.493 e. The normalized spacial score (nSPS) is 14.0. The van der Waals surface area contributed by atoms with E-state index in [4.69, 9.17) is 26.4 Å². The van der Waals surface area contributed by atoms with E-state index >= 15 is 0 Å². The van der Waals surface area contributed by atoms with Gasteiger partial charge in [0.25, 0.3) is 0 Å². The molecule has 1 N–H and O–H groups in total. The third-order valence-electron chi connectivity index (χ3n) is 5.14. The van der Waals surface area contributed by atoms with Crippen LogP contribution in [-0.4, -0.2) is 61.9 Å². The van der Waals surface area contributed by atoms with Gasteiger partial charge in [-0.3, -0.25) is 0 Å². The molecule has 0 radical (unpaired) electrons. The summed E-state index contributed by atoms with van der Waals surface area (Å²) in [4.78, 5) is 4.50. The van der Waals surface area contributed by atoms with Crippen LogP contribution in [0.1, 0.15) is 0 Å². The third kappa shape index (κ3) is 3.95. The molecule has 1 saturated heterocycles. The highest BCUT2D eigenvalue weighted by molar-refractivity contribution is 7.80. The smallest absolute Gasteiger partial charge is 0.203 e. The number of piperazine rings is 1. The minimum atomic E-state index is 0.556. The van der Waals surface area contributed by atoms with Crippen LogP contribution in [0.2, 0.25) is 0 Å². The fourth-order valence-corrected chi connectivity index (χ4v) is 4.67. The van der Waals surface area contributed by atoms with Crippen LogP contribution in [0.25, 0.3) is 10.1 Å². The molecule has 2 aromatic carbocycles. The molecular formula is C21H24N4O3S2.